The molecule has 0 aromatic heterocycles. The van der Waals surface area contributed by atoms with Gasteiger partial charge in [0.25, 0.3) is 0 Å². The van der Waals surface area contributed by atoms with Gasteiger partial charge in [-0.1, -0.05) is 214 Å². The molecule has 0 aliphatic heterocycles. The van der Waals surface area contributed by atoms with E-state index in [1.807, 2.05) is 0 Å². The number of aliphatic hydroxyl groups excluding tert-OH is 1. The molecule has 0 aliphatic carbocycles. The number of benzene rings is 7. The van der Waals surface area contributed by atoms with Gasteiger partial charge in [-0.25, -0.2) is 0 Å². The highest BCUT2D eigenvalue weighted by atomic mass is 16.3. The van der Waals surface area contributed by atoms with Crippen molar-refractivity contribution in [3.05, 3.63) is 250 Å². The Hall–Kier alpha value is -5.54. The predicted molar refractivity (Wildman–Crippen MR) is 257 cm³/mol. The molecule has 0 bridgehead atoms. The van der Waals surface area contributed by atoms with Crippen LogP contribution < -0.4 is 5.73 Å². The number of hydrogen-bond donors (Lipinski definition) is 2. The molecule has 0 saturated carbocycles. The second-order valence-corrected chi connectivity index (χ2v) is 17.6. The molecule has 7 aromatic rings. The zero-order chi connectivity index (χ0) is 42.2. The molecule has 312 valence electrons. The van der Waals surface area contributed by atoms with Crippen molar-refractivity contribution >= 4 is 0 Å². The number of nitrogens with two attached hydrogens (primary N) is 1. The SMILES string of the molecule is CC(CC(CC(CC(CC(CC(CC(C)c1ccccc1)c1ccc(CO)cc1)c1ccccc1)c1ccccc1)c1ccccc1)c1ccc(CN)cc1)c1ccccc1. The highest BCUT2D eigenvalue weighted by Crippen LogP contribution is 2.46. The fourth-order valence-electron chi connectivity index (χ4n) is 9.90. The quantitative estimate of drug-likeness (QED) is 0.0760. The molecule has 3 N–H and O–H groups in total. The summed E-state index contributed by atoms with van der Waals surface area (Å²) < 4.78 is 0. The van der Waals surface area contributed by atoms with Crippen molar-refractivity contribution in [3.8, 4) is 0 Å². The lowest BCUT2D eigenvalue weighted by Crippen LogP contribution is -2.17. The van der Waals surface area contributed by atoms with Gasteiger partial charge >= 0.3 is 0 Å². The average molecular weight is 804 g/mol. The van der Waals surface area contributed by atoms with E-state index in [4.69, 9.17) is 5.73 Å². The van der Waals surface area contributed by atoms with Crippen molar-refractivity contribution in [3.63, 3.8) is 0 Å². The zero-order valence-corrected chi connectivity index (χ0v) is 36.3. The van der Waals surface area contributed by atoms with Crippen LogP contribution in [0.5, 0.6) is 0 Å². The molecule has 0 radical (unpaired) electrons. The summed E-state index contributed by atoms with van der Waals surface area (Å²) in [5.74, 6) is 2.57. The molecule has 0 aliphatic rings. The minimum Gasteiger partial charge on any atom is -0.392 e. The Morgan fingerprint density at radius 3 is 0.836 bits per heavy atom. The molecule has 7 aromatic carbocycles. The summed E-state index contributed by atoms with van der Waals surface area (Å²) in [6.07, 6.45) is 6.36. The van der Waals surface area contributed by atoms with E-state index in [9.17, 15) is 5.11 Å². The van der Waals surface area contributed by atoms with Crippen LogP contribution in [0.1, 0.15) is 144 Å². The second-order valence-electron chi connectivity index (χ2n) is 17.6. The maximum atomic E-state index is 9.95. The standard InChI is InChI=1S/C59H65NO/c1-44(48-18-8-3-9-19-48)36-55(53-32-28-46(42-60)29-33-53)38-57(50-22-12-5-13-23-50)40-59(52-26-16-7-17-27-52)41-58(51-24-14-6-15-25-51)39-56(54-34-30-47(43-61)31-35-54)37-45(2)49-20-10-4-11-21-49/h3-35,44-45,55-59,61H,36-43,60H2,1-2H3. The molecule has 2 nitrogen and oxygen atoms in total. The summed E-state index contributed by atoms with van der Waals surface area (Å²) in [4.78, 5) is 0. The smallest absolute Gasteiger partial charge is 0.0681 e. The molecular weight excluding hydrogens is 739 g/mol. The van der Waals surface area contributed by atoms with Crippen LogP contribution in [0.2, 0.25) is 0 Å². The van der Waals surface area contributed by atoms with Crippen LogP contribution in [0, 0.1) is 0 Å². The lowest BCUT2D eigenvalue weighted by Gasteiger charge is -2.33. The van der Waals surface area contributed by atoms with Gasteiger partial charge in [-0.3, -0.25) is 0 Å². The highest BCUT2D eigenvalue weighted by molar-refractivity contribution is 5.32. The van der Waals surface area contributed by atoms with Gasteiger partial charge in [0.15, 0.2) is 0 Å². The van der Waals surface area contributed by atoms with Gasteiger partial charge in [-0.2, -0.15) is 0 Å². The first kappa shape index (κ1) is 43.5. The fourth-order valence-corrected chi connectivity index (χ4v) is 9.90. The number of rotatable bonds is 21. The van der Waals surface area contributed by atoms with E-state index < -0.39 is 0 Å². The van der Waals surface area contributed by atoms with E-state index in [2.05, 4.69) is 214 Å². The maximum absolute atomic E-state index is 9.95. The van der Waals surface area contributed by atoms with Crippen LogP contribution in [0.3, 0.4) is 0 Å². The van der Waals surface area contributed by atoms with Gasteiger partial charge in [-0.05, 0) is 130 Å². The van der Waals surface area contributed by atoms with Crippen LogP contribution in [0.15, 0.2) is 200 Å². The third-order valence-corrected chi connectivity index (χ3v) is 13.4. The zero-order valence-electron chi connectivity index (χ0n) is 36.3. The van der Waals surface area contributed by atoms with Gasteiger partial charge in [-0.15, -0.1) is 0 Å². The van der Waals surface area contributed by atoms with E-state index in [0.717, 1.165) is 44.1 Å². The minimum atomic E-state index is 0.0599. The van der Waals surface area contributed by atoms with Crippen molar-refractivity contribution in [1.29, 1.82) is 0 Å². The Labute approximate surface area is 366 Å². The van der Waals surface area contributed by atoms with Gasteiger partial charge in [0, 0.05) is 6.54 Å². The minimum absolute atomic E-state index is 0.0599. The molecule has 61 heavy (non-hydrogen) atoms. The molecule has 0 fully saturated rings. The molecule has 0 amide bonds. The van der Waals surface area contributed by atoms with Crippen LogP contribution in [0.4, 0.5) is 0 Å². The van der Waals surface area contributed by atoms with Gasteiger partial charge < -0.3 is 10.8 Å². The molecule has 0 heterocycles. The van der Waals surface area contributed by atoms with Crippen molar-refractivity contribution in [2.45, 2.75) is 107 Å². The normalized spacial score (nSPS) is 15.0. The van der Waals surface area contributed by atoms with E-state index in [1.165, 1.54) is 44.5 Å². The van der Waals surface area contributed by atoms with Crippen LogP contribution >= 0.6 is 0 Å². The molecule has 0 spiro atoms. The number of aliphatic hydroxyl groups is 1. The third-order valence-electron chi connectivity index (χ3n) is 13.4. The second kappa shape index (κ2) is 22.3. The molecule has 0 saturated heterocycles. The Bertz CT molecular complexity index is 2110. The van der Waals surface area contributed by atoms with Crippen molar-refractivity contribution in [2.24, 2.45) is 5.73 Å². The number of hydrogen-bond acceptors (Lipinski definition) is 2. The monoisotopic (exact) mass is 804 g/mol. The van der Waals surface area contributed by atoms with Gasteiger partial charge in [0.1, 0.15) is 0 Å². The van der Waals surface area contributed by atoms with Crippen LogP contribution in [-0.2, 0) is 13.2 Å². The van der Waals surface area contributed by atoms with Crippen LogP contribution in [-0.4, -0.2) is 5.11 Å². The van der Waals surface area contributed by atoms with Gasteiger partial charge in [0.2, 0.25) is 0 Å². The molecular formula is C59H65NO. The Kier molecular flexibility index (Phi) is 16.0. The first-order valence-electron chi connectivity index (χ1n) is 22.7. The Morgan fingerprint density at radius 2 is 0.557 bits per heavy atom. The van der Waals surface area contributed by atoms with E-state index >= 15 is 0 Å². The predicted octanol–water partition coefficient (Wildman–Crippen LogP) is 14.8. The summed E-state index contributed by atoms with van der Waals surface area (Å²) in [5, 5.41) is 9.95. The Balaban J connectivity index is 1.25. The molecule has 7 atom stereocenters. The summed E-state index contributed by atoms with van der Waals surface area (Å²) in [6.45, 7) is 5.40. The molecule has 7 rings (SSSR count). The van der Waals surface area contributed by atoms with Crippen molar-refractivity contribution in [2.75, 3.05) is 0 Å². The topological polar surface area (TPSA) is 46.2 Å². The summed E-state index contributed by atoms with van der Waals surface area (Å²) in [5.41, 5.74) is 18.0. The van der Waals surface area contributed by atoms with Crippen LogP contribution in [0.25, 0.3) is 0 Å². The Morgan fingerprint density at radius 1 is 0.311 bits per heavy atom. The maximum Gasteiger partial charge on any atom is 0.0681 e. The fraction of sp³-hybridized carbons (Fsp3) is 0.288. The van der Waals surface area contributed by atoms with E-state index in [0.29, 0.717) is 48.0 Å². The van der Waals surface area contributed by atoms with Crippen molar-refractivity contribution < 1.29 is 5.11 Å². The first-order chi connectivity index (χ1) is 30.0. The third kappa shape index (κ3) is 12.3. The molecule has 2 heteroatoms. The van der Waals surface area contributed by atoms with E-state index in [1.54, 1.807) is 0 Å². The first-order valence-corrected chi connectivity index (χ1v) is 22.7. The van der Waals surface area contributed by atoms with Crippen molar-refractivity contribution in [1.82, 2.24) is 0 Å². The van der Waals surface area contributed by atoms with E-state index in [-0.39, 0.29) is 6.61 Å². The average Bonchev–Trinajstić information content (AvgIpc) is 3.34. The summed E-state index contributed by atoms with van der Waals surface area (Å²) >= 11 is 0. The van der Waals surface area contributed by atoms with Gasteiger partial charge in [0.05, 0.1) is 6.61 Å². The largest absolute Gasteiger partial charge is 0.392 e. The summed E-state index contributed by atoms with van der Waals surface area (Å²) in [7, 11) is 0. The summed E-state index contributed by atoms with van der Waals surface area (Å²) in [6, 6.07) is 74.0. The lowest BCUT2D eigenvalue weighted by atomic mass is 9.71. The highest BCUT2D eigenvalue weighted by Gasteiger charge is 2.30. The lowest BCUT2D eigenvalue weighted by molar-refractivity contribution is 0.282. The molecule has 7 unspecified atom stereocenters.